The van der Waals surface area contributed by atoms with Gasteiger partial charge in [0.15, 0.2) is 0 Å². The molecule has 1 N–H and O–H groups in total. The molecule has 6 nitrogen and oxygen atoms in total. The van der Waals surface area contributed by atoms with Crippen LogP contribution in [0.25, 0.3) is 0 Å². The van der Waals surface area contributed by atoms with E-state index in [1.165, 1.54) is 0 Å². The molecule has 0 aliphatic carbocycles. The molecule has 1 fully saturated rings. The smallest absolute Gasteiger partial charge is 0.253 e. The fourth-order valence-corrected chi connectivity index (χ4v) is 3.83. The minimum absolute atomic E-state index is 0.0761. The molecule has 1 aromatic rings. The molecule has 0 bridgehead atoms. The topological polar surface area (TPSA) is 65.5 Å². The van der Waals surface area contributed by atoms with Crippen LogP contribution in [0.1, 0.15) is 64.2 Å². The number of hydrogen-bond acceptors (Lipinski definition) is 4. The van der Waals surface area contributed by atoms with Gasteiger partial charge in [0.2, 0.25) is 5.91 Å². The number of anilines is 1. The monoisotopic (exact) mass is 388 g/mol. The zero-order chi connectivity index (χ0) is 20.7. The first-order chi connectivity index (χ1) is 13.3. The molecule has 1 atom stereocenters. The van der Waals surface area contributed by atoms with Crippen LogP contribution in [0.5, 0.6) is 0 Å². The van der Waals surface area contributed by atoms with E-state index in [9.17, 15) is 9.59 Å². The lowest BCUT2D eigenvalue weighted by molar-refractivity contribution is -0.136. The summed E-state index contributed by atoms with van der Waals surface area (Å²) in [5.74, 6) is 1.75. The number of pyridine rings is 1. The molecule has 2 amide bonds. The van der Waals surface area contributed by atoms with Crippen molar-refractivity contribution in [2.75, 3.05) is 31.1 Å². The molecule has 0 radical (unpaired) electrons. The lowest BCUT2D eigenvalue weighted by Crippen LogP contribution is -2.50. The second-order valence-corrected chi connectivity index (χ2v) is 8.23. The highest BCUT2D eigenvalue weighted by Gasteiger charge is 2.26. The zero-order valence-corrected chi connectivity index (χ0v) is 18.1. The Morgan fingerprint density at radius 1 is 1.07 bits per heavy atom. The van der Waals surface area contributed by atoms with Crippen LogP contribution in [0, 0.1) is 11.8 Å². The Bertz CT molecular complexity index is 632. The summed E-state index contributed by atoms with van der Waals surface area (Å²) in [6.45, 7) is 13.5. The number of piperazine rings is 1. The van der Waals surface area contributed by atoms with E-state index >= 15 is 0 Å². The molecular formula is C22H36N4O2. The summed E-state index contributed by atoms with van der Waals surface area (Å²) in [6, 6.07) is 3.88. The van der Waals surface area contributed by atoms with E-state index in [-0.39, 0.29) is 23.8 Å². The summed E-state index contributed by atoms with van der Waals surface area (Å²) in [5, 5.41) is 3.03. The molecule has 1 saturated heterocycles. The van der Waals surface area contributed by atoms with E-state index < -0.39 is 0 Å². The van der Waals surface area contributed by atoms with Gasteiger partial charge in [-0.1, -0.05) is 27.7 Å². The maximum atomic E-state index is 12.5. The molecule has 2 heterocycles. The van der Waals surface area contributed by atoms with Gasteiger partial charge in [-0.25, -0.2) is 4.98 Å². The van der Waals surface area contributed by atoms with Crippen molar-refractivity contribution < 1.29 is 9.59 Å². The molecule has 0 aromatic carbocycles. The van der Waals surface area contributed by atoms with E-state index in [4.69, 9.17) is 0 Å². The molecule has 1 unspecified atom stereocenters. The minimum Gasteiger partial charge on any atom is -0.353 e. The second-order valence-electron chi connectivity index (χ2n) is 8.23. The van der Waals surface area contributed by atoms with Gasteiger partial charge in [0.05, 0.1) is 5.56 Å². The Morgan fingerprint density at radius 3 is 2.21 bits per heavy atom. The van der Waals surface area contributed by atoms with Gasteiger partial charge in [-0.05, 0) is 44.2 Å². The summed E-state index contributed by atoms with van der Waals surface area (Å²) < 4.78 is 0. The van der Waals surface area contributed by atoms with Crippen LogP contribution in [0.2, 0.25) is 0 Å². The highest BCUT2D eigenvalue weighted by atomic mass is 16.2. The van der Waals surface area contributed by atoms with Crippen LogP contribution >= 0.6 is 0 Å². The summed E-state index contributed by atoms with van der Waals surface area (Å²) in [5.41, 5.74) is 0.585. The first-order valence-corrected chi connectivity index (χ1v) is 10.7. The second kappa shape index (κ2) is 10.4. The standard InChI is InChI=1S/C22H36N4O2/c1-6-18(7-2)22(28)26-12-10-25(11-13-26)20-9-8-19(15-23-20)21(27)24-17(5)14-16(3)4/h8-9,15-18H,6-7,10-14H2,1-5H3,(H,24,27). The van der Waals surface area contributed by atoms with Crippen molar-refractivity contribution in [1.82, 2.24) is 15.2 Å². The van der Waals surface area contributed by atoms with Gasteiger partial charge < -0.3 is 15.1 Å². The predicted molar refractivity (Wildman–Crippen MR) is 113 cm³/mol. The minimum atomic E-state index is -0.0761. The lowest BCUT2D eigenvalue weighted by Gasteiger charge is -2.36. The van der Waals surface area contributed by atoms with Gasteiger partial charge >= 0.3 is 0 Å². The number of aromatic nitrogens is 1. The van der Waals surface area contributed by atoms with E-state index in [2.05, 4.69) is 42.9 Å². The maximum Gasteiger partial charge on any atom is 0.253 e. The fraction of sp³-hybridized carbons (Fsp3) is 0.682. The summed E-state index contributed by atoms with van der Waals surface area (Å²) in [4.78, 5) is 33.5. The molecule has 2 rings (SSSR count). The number of nitrogens with zero attached hydrogens (tertiary/aromatic N) is 3. The molecular weight excluding hydrogens is 352 g/mol. The zero-order valence-electron chi connectivity index (χ0n) is 18.1. The number of carbonyl (C=O) groups excluding carboxylic acids is 2. The molecule has 156 valence electrons. The fourth-order valence-electron chi connectivity index (χ4n) is 3.83. The van der Waals surface area contributed by atoms with Gasteiger partial charge in [-0.3, -0.25) is 9.59 Å². The Labute approximate surface area is 169 Å². The molecule has 1 aromatic heterocycles. The third kappa shape index (κ3) is 5.94. The predicted octanol–water partition coefficient (Wildman–Crippen LogP) is 3.33. The number of hydrogen-bond donors (Lipinski definition) is 1. The highest BCUT2D eigenvalue weighted by Crippen LogP contribution is 2.18. The molecule has 0 spiro atoms. The van der Waals surface area contributed by atoms with E-state index in [1.54, 1.807) is 6.20 Å². The number of amides is 2. The van der Waals surface area contributed by atoms with E-state index in [0.29, 0.717) is 11.5 Å². The van der Waals surface area contributed by atoms with Crippen molar-refractivity contribution in [3.63, 3.8) is 0 Å². The molecule has 0 saturated carbocycles. The van der Waals surface area contributed by atoms with Crippen molar-refractivity contribution in [2.24, 2.45) is 11.8 Å². The molecule has 1 aliphatic heterocycles. The Morgan fingerprint density at radius 2 is 1.71 bits per heavy atom. The van der Waals surface area contributed by atoms with Gasteiger partial charge in [-0.2, -0.15) is 0 Å². The van der Waals surface area contributed by atoms with Crippen LogP contribution in [0.4, 0.5) is 5.82 Å². The van der Waals surface area contributed by atoms with Crippen LogP contribution in [0.15, 0.2) is 18.3 Å². The normalized spacial score (nSPS) is 15.8. The summed E-state index contributed by atoms with van der Waals surface area (Å²) >= 11 is 0. The Kier molecular flexibility index (Phi) is 8.27. The van der Waals surface area contributed by atoms with Gasteiger partial charge in [0.1, 0.15) is 5.82 Å². The first kappa shape index (κ1) is 22.2. The summed E-state index contributed by atoms with van der Waals surface area (Å²) in [6.07, 6.45) is 4.40. The molecule has 6 heteroatoms. The van der Waals surface area contributed by atoms with Crippen molar-refractivity contribution in [3.05, 3.63) is 23.9 Å². The van der Waals surface area contributed by atoms with Crippen molar-refractivity contribution >= 4 is 17.6 Å². The number of carbonyl (C=O) groups is 2. The largest absolute Gasteiger partial charge is 0.353 e. The van der Waals surface area contributed by atoms with Crippen LogP contribution in [-0.2, 0) is 4.79 Å². The van der Waals surface area contributed by atoms with Crippen LogP contribution in [-0.4, -0.2) is 53.9 Å². The maximum absolute atomic E-state index is 12.5. The SMILES string of the molecule is CCC(CC)C(=O)N1CCN(c2ccc(C(=O)NC(C)CC(C)C)cn2)CC1. The highest BCUT2D eigenvalue weighted by molar-refractivity contribution is 5.94. The van der Waals surface area contributed by atoms with Crippen molar-refractivity contribution in [1.29, 1.82) is 0 Å². The summed E-state index contributed by atoms with van der Waals surface area (Å²) in [7, 11) is 0. The van der Waals surface area contributed by atoms with Gasteiger partial charge in [0.25, 0.3) is 5.91 Å². The van der Waals surface area contributed by atoms with Gasteiger partial charge in [-0.15, -0.1) is 0 Å². The van der Waals surface area contributed by atoms with Crippen LogP contribution in [0.3, 0.4) is 0 Å². The van der Waals surface area contributed by atoms with E-state index in [1.807, 2.05) is 24.0 Å². The van der Waals surface area contributed by atoms with Crippen molar-refractivity contribution in [3.8, 4) is 0 Å². The lowest BCUT2D eigenvalue weighted by atomic mass is 10.0. The Balaban J connectivity index is 1.89. The molecule has 1 aliphatic rings. The van der Waals surface area contributed by atoms with Crippen molar-refractivity contribution in [2.45, 2.75) is 59.9 Å². The Hall–Kier alpha value is -2.11. The van der Waals surface area contributed by atoms with Gasteiger partial charge in [0, 0.05) is 44.3 Å². The third-order valence-electron chi connectivity index (χ3n) is 5.46. The average molecular weight is 389 g/mol. The number of rotatable bonds is 8. The van der Waals surface area contributed by atoms with E-state index in [0.717, 1.165) is 51.3 Å². The first-order valence-electron chi connectivity index (χ1n) is 10.7. The van der Waals surface area contributed by atoms with Crippen LogP contribution < -0.4 is 10.2 Å². The number of nitrogens with one attached hydrogen (secondary N) is 1. The molecule has 28 heavy (non-hydrogen) atoms. The third-order valence-corrected chi connectivity index (χ3v) is 5.46. The average Bonchev–Trinajstić information content (AvgIpc) is 2.68. The quantitative estimate of drug-likeness (QED) is 0.742.